The van der Waals surface area contributed by atoms with E-state index in [9.17, 15) is 20.1 Å². The van der Waals surface area contributed by atoms with Crippen molar-refractivity contribution in [2.24, 2.45) is 39.8 Å². The Bertz CT molecular complexity index is 2280. The Hall–Kier alpha value is -4.52. The zero-order chi connectivity index (χ0) is 42.3. The highest BCUT2D eigenvalue weighted by molar-refractivity contribution is 6.08. The van der Waals surface area contributed by atoms with Crippen molar-refractivity contribution in [1.82, 2.24) is 5.32 Å². The van der Waals surface area contributed by atoms with Crippen molar-refractivity contribution in [1.29, 1.82) is 0 Å². The summed E-state index contributed by atoms with van der Waals surface area (Å²) in [6.45, 7) is 5.57. The molecule has 0 amide bonds. The summed E-state index contributed by atoms with van der Waals surface area (Å²) in [4.78, 5) is 20.1. The van der Waals surface area contributed by atoms with E-state index in [0.717, 1.165) is 102 Å². The quantitative estimate of drug-likeness (QED) is 0.111. The number of hydrogen-bond acceptors (Lipinski definition) is 9. The molecule has 7 aliphatic rings. The molecule has 5 aliphatic heterocycles. The first-order chi connectivity index (χ1) is 29.6. The summed E-state index contributed by atoms with van der Waals surface area (Å²) in [6, 6.07) is 9.84. The molecule has 320 valence electrons. The van der Waals surface area contributed by atoms with Crippen molar-refractivity contribution in [3.8, 4) is 35.4 Å². The summed E-state index contributed by atoms with van der Waals surface area (Å²) in [7, 11) is 0. The highest BCUT2D eigenvalue weighted by Gasteiger charge is 2.51. The Morgan fingerprint density at radius 3 is 2.74 bits per heavy atom. The second-order valence-corrected chi connectivity index (χ2v) is 18.6. The molecule has 0 radical (unpaired) electrons. The maximum absolute atomic E-state index is 14.0. The van der Waals surface area contributed by atoms with Gasteiger partial charge in [-0.15, -0.1) is 0 Å². The highest BCUT2D eigenvalue weighted by Crippen LogP contribution is 2.47. The molecule has 1 fully saturated rings. The van der Waals surface area contributed by atoms with Crippen LogP contribution in [0.1, 0.15) is 118 Å². The molecular formula is C51H61N4O6+. The van der Waals surface area contributed by atoms with E-state index in [-0.39, 0.29) is 30.2 Å². The zero-order valence-corrected chi connectivity index (χ0v) is 35.6. The van der Waals surface area contributed by atoms with E-state index in [1.54, 1.807) is 0 Å². The van der Waals surface area contributed by atoms with Gasteiger partial charge in [0.15, 0.2) is 11.5 Å². The van der Waals surface area contributed by atoms with Gasteiger partial charge in [0.1, 0.15) is 42.4 Å². The van der Waals surface area contributed by atoms with E-state index in [1.807, 2.05) is 48.7 Å². The molecule has 10 atom stereocenters. The normalized spacial score (nSPS) is 30.1. The van der Waals surface area contributed by atoms with Crippen LogP contribution in [0.5, 0.6) is 11.5 Å². The minimum Gasteiger partial charge on any atom is -0.437 e. The molecule has 2 aromatic rings. The number of aryl methyl sites for hydroxylation is 1. The Kier molecular flexibility index (Phi) is 12.1. The van der Waals surface area contributed by atoms with E-state index in [0.29, 0.717) is 43.7 Å². The molecule has 10 nitrogen and oxygen atoms in total. The van der Waals surface area contributed by atoms with Crippen molar-refractivity contribution in [2.45, 2.75) is 128 Å². The number of ether oxygens (including phenoxy) is 2. The summed E-state index contributed by atoms with van der Waals surface area (Å²) < 4.78 is 13.4. The molecule has 0 saturated heterocycles. The lowest BCUT2D eigenvalue weighted by molar-refractivity contribution is -0.888. The number of benzene rings is 2. The summed E-state index contributed by atoms with van der Waals surface area (Å²) in [5.74, 6) is 10.4. The number of carbonyl (C=O) groups excluding carboxylic acids is 1. The number of nitrogens with two attached hydrogens (primary N) is 1. The van der Waals surface area contributed by atoms with E-state index in [2.05, 4.69) is 49.2 Å². The van der Waals surface area contributed by atoms with E-state index >= 15 is 0 Å². The van der Waals surface area contributed by atoms with Gasteiger partial charge in [0, 0.05) is 37.4 Å². The molecule has 0 aromatic heterocycles. The average Bonchev–Trinajstić information content (AvgIpc) is 4.00. The number of nitrogens with one attached hydrogen (secondary N) is 2. The predicted octanol–water partition coefficient (Wildman–Crippen LogP) is 5.07. The third kappa shape index (κ3) is 8.27. The molecule has 9 rings (SSSR count). The van der Waals surface area contributed by atoms with Crippen LogP contribution in [0.15, 0.2) is 71.0 Å². The van der Waals surface area contributed by atoms with Gasteiger partial charge >= 0.3 is 0 Å². The van der Waals surface area contributed by atoms with Crippen LogP contribution in [0.4, 0.5) is 0 Å². The Balaban J connectivity index is 1.04. The number of fused-ring (bicyclic) bond motifs is 8. The number of ketones is 1. The monoisotopic (exact) mass is 825 g/mol. The first-order valence-electron chi connectivity index (χ1n) is 22.8. The minimum atomic E-state index is -1.03. The number of quaternary nitrogens is 1. The molecule has 10 heteroatoms. The van der Waals surface area contributed by atoms with Crippen LogP contribution < -0.4 is 25.4 Å². The lowest BCUT2D eigenvalue weighted by Crippen LogP contribution is -3.13. The molecule has 1 unspecified atom stereocenters. The number of hydrogen-bond donors (Lipinski definition) is 6. The fourth-order valence-corrected chi connectivity index (χ4v) is 11.1. The molecule has 1 spiro atoms. The first-order valence-corrected chi connectivity index (χ1v) is 22.8. The van der Waals surface area contributed by atoms with Crippen molar-refractivity contribution in [3.05, 3.63) is 93.8 Å². The van der Waals surface area contributed by atoms with Gasteiger partial charge < -0.3 is 30.5 Å². The number of carbonyl (C=O) groups is 1. The highest BCUT2D eigenvalue weighted by atomic mass is 16.5. The lowest BCUT2D eigenvalue weighted by Gasteiger charge is -2.36. The third-order valence-corrected chi connectivity index (χ3v) is 14.6. The van der Waals surface area contributed by atoms with Gasteiger partial charge in [0.2, 0.25) is 0 Å². The van der Waals surface area contributed by atoms with Gasteiger partial charge in [-0.3, -0.25) is 20.0 Å². The third-order valence-electron chi connectivity index (χ3n) is 14.6. The number of unbranched alkanes of at least 4 members (excludes halogenated alkanes) is 2. The SMILES string of the molecule is CCCCC[C@H](C(=O)CCc1ccc2c(c1)O[C@H]1[C@@H](C#C[C@H](O)c3ccc4c(c3CC3=CN=C5C[NH+]1C=C35)CCN[C@@H]4N)C1(C#CO2)CCCC1)[C@H](O)[C@H]1C=C[C@@H](C)C[C@H]1O. The van der Waals surface area contributed by atoms with Crippen molar-refractivity contribution in [2.75, 3.05) is 13.1 Å². The second kappa shape index (κ2) is 17.7. The van der Waals surface area contributed by atoms with E-state index < -0.39 is 41.8 Å². The molecule has 2 aromatic carbocycles. The van der Waals surface area contributed by atoms with Crippen molar-refractivity contribution < 1.29 is 34.5 Å². The number of aliphatic imine (C=N–C) groups is 1. The molecule has 1 saturated carbocycles. The molecule has 2 aliphatic carbocycles. The van der Waals surface area contributed by atoms with Crippen LogP contribution in [0.3, 0.4) is 0 Å². The molecular weight excluding hydrogens is 765 g/mol. The fourth-order valence-electron chi connectivity index (χ4n) is 11.1. The van der Waals surface area contributed by atoms with Gasteiger partial charge in [0.05, 0.1) is 29.4 Å². The van der Waals surface area contributed by atoms with Gasteiger partial charge in [0.25, 0.3) is 6.23 Å². The number of aliphatic hydroxyl groups is 3. The van der Waals surface area contributed by atoms with Crippen LogP contribution in [0, 0.1) is 53.0 Å². The average molecular weight is 826 g/mol. The first kappa shape index (κ1) is 41.8. The summed E-state index contributed by atoms with van der Waals surface area (Å²) in [6.07, 6.45) is 17.7. The van der Waals surface area contributed by atoms with Crippen molar-refractivity contribution >= 4 is 11.5 Å². The predicted molar refractivity (Wildman–Crippen MR) is 234 cm³/mol. The van der Waals surface area contributed by atoms with Gasteiger partial charge in [-0.25, -0.2) is 0 Å². The Morgan fingerprint density at radius 1 is 1.08 bits per heavy atom. The van der Waals surface area contributed by atoms with Crippen LogP contribution in [0.25, 0.3) is 0 Å². The summed E-state index contributed by atoms with van der Waals surface area (Å²) >= 11 is 0. The fraction of sp³-hybridized carbons (Fsp3) is 0.529. The minimum absolute atomic E-state index is 0.0108. The summed E-state index contributed by atoms with van der Waals surface area (Å²) in [5.41, 5.74) is 14.3. The van der Waals surface area contributed by atoms with Crippen LogP contribution >= 0.6 is 0 Å². The van der Waals surface area contributed by atoms with Crippen molar-refractivity contribution in [3.63, 3.8) is 0 Å². The number of Topliss-reactive ketones (excluding diaryl/α,β-unsaturated/α-hetero) is 1. The number of allylic oxidation sites excluding steroid dienone is 2. The maximum Gasteiger partial charge on any atom is 0.252 e. The second-order valence-electron chi connectivity index (χ2n) is 18.6. The maximum atomic E-state index is 14.0. The molecule has 61 heavy (non-hydrogen) atoms. The standard InChI is InChI=1S/C51H60N4O6/c1-3-4-5-8-37(48(59)38-12-9-31(2)25-45(38)58)44(57)16-10-32-11-18-46-47(26-32)61-50-41(51(22-24-60-46)20-6-7-21-51)15-17-43(56)35-13-14-36-34(19-23-53-49(36)52)39(35)27-33-28-54-42-30-55(50)29-40(33)42/h9,11-14,18,26,28-29,31,37-38,41,43,45,48-50,53,56,58-59H,3-8,10,16,19-21,23,25,27,30,52H2,1-2H3/p+1/t31-,37-,38+,41-,43+,45-,48+,49+,50+/m1/s1. The van der Waals surface area contributed by atoms with Crippen LogP contribution in [0.2, 0.25) is 0 Å². The van der Waals surface area contributed by atoms with Crippen LogP contribution in [-0.2, 0) is 24.1 Å². The molecule has 7 N–H and O–H groups in total. The number of aliphatic hydroxyl groups excluding tert-OH is 3. The van der Waals surface area contributed by atoms with E-state index in [4.69, 9.17) is 20.2 Å². The largest absolute Gasteiger partial charge is 0.437 e. The molecule has 5 heterocycles. The molecule has 2 bridgehead atoms. The van der Waals surface area contributed by atoms with Gasteiger partial charge in [-0.1, -0.05) is 94.1 Å². The van der Waals surface area contributed by atoms with E-state index in [1.165, 1.54) is 5.56 Å². The Labute approximate surface area is 360 Å². The Morgan fingerprint density at radius 2 is 1.92 bits per heavy atom. The lowest BCUT2D eigenvalue weighted by atomic mass is 9.73. The number of nitrogens with zero attached hydrogens (tertiary/aromatic N) is 1. The number of rotatable bonds is 10. The van der Waals surface area contributed by atoms with Gasteiger partial charge in [-0.05, 0) is 90.0 Å². The summed E-state index contributed by atoms with van der Waals surface area (Å²) in [5, 5.41) is 37.9. The smallest absolute Gasteiger partial charge is 0.252 e. The zero-order valence-electron chi connectivity index (χ0n) is 35.6. The van der Waals surface area contributed by atoms with Gasteiger partial charge in [-0.2, -0.15) is 0 Å². The van der Waals surface area contributed by atoms with Crippen LogP contribution in [-0.4, -0.2) is 58.3 Å². The topological polar surface area (TPSA) is 151 Å².